The highest BCUT2D eigenvalue weighted by Crippen LogP contribution is 2.28. The molecular weight excluding hydrogens is 320 g/mol. The number of phenols is 1. The van der Waals surface area contributed by atoms with Gasteiger partial charge in [0, 0.05) is 24.6 Å². The largest absolute Gasteiger partial charge is 0.508 e. The molecule has 1 aliphatic heterocycles. The van der Waals surface area contributed by atoms with Crippen molar-refractivity contribution >= 4 is 5.91 Å². The van der Waals surface area contributed by atoms with E-state index in [0.29, 0.717) is 25.4 Å². The number of hydrogen-bond acceptors (Lipinski definition) is 6. The predicted molar refractivity (Wildman–Crippen MR) is 92.6 cm³/mol. The van der Waals surface area contributed by atoms with E-state index in [9.17, 15) is 9.90 Å². The molecule has 4 N–H and O–H groups in total. The van der Waals surface area contributed by atoms with Crippen molar-refractivity contribution in [3.8, 4) is 5.75 Å². The van der Waals surface area contributed by atoms with Crippen molar-refractivity contribution in [2.24, 2.45) is 0 Å². The zero-order valence-electron chi connectivity index (χ0n) is 14.4. The molecule has 0 radical (unpaired) electrons. The standard InChI is InChI=1S/C17H24N6O2/c1-11(2)23-10-19-22-16(23)7-8-18-17(25)14-9-13(20-21-14)12-5-3-4-6-15(12)24/h3-6,10-11,13-14,20-21,24H,7-9H2,1-2H3,(H,18,25). The molecule has 8 nitrogen and oxygen atoms in total. The van der Waals surface area contributed by atoms with Gasteiger partial charge in [0.15, 0.2) is 0 Å². The zero-order valence-corrected chi connectivity index (χ0v) is 14.4. The van der Waals surface area contributed by atoms with Crippen LogP contribution in [-0.4, -0.2) is 38.4 Å². The Hall–Kier alpha value is -2.45. The van der Waals surface area contributed by atoms with Crippen LogP contribution in [-0.2, 0) is 11.2 Å². The molecule has 0 aliphatic carbocycles. The Morgan fingerprint density at radius 3 is 2.96 bits per heavy atom. The fourth-order valence-corrected chi connectivity index (χ4v) is 3.01. The molecule has 1 aromatic carbocycles. The molecule has 0 bridgehead atoms. The van der Waals surface area contributed by atoms with Gasteiger partial charge in [-0.2, -0.15) is 0 Å². The number of hydrogen-bond donors (Lipinski definition) is 4. The third-order valence-electron chi connectivity index (χ3n) is 4.38. The number of hydrazine groups is 1. The van der Waals surface area contributed by atoms with Gasteiger partial charge in [0.05, 0.1) is 6.04 Å². The van der Waals surface area contributed by atoms with Crippen LogP contribution < -0.4 is 16.2 Å². The Bertz CT molecular complexity index is 729. The van der Waals surface area contributed by atoms with Crippen molar-refractivity contribution in [2.45, 2.75) is 44.8 Å². The first-order valence-corrected chi connectivity index (χ1v) is 8.51. The maximum absolute atomic E-state index is 12.3. The van der Waals surface area contributed by atoms with Gasteiger partial charge in [-0.15, -0.1) is 10.2 Å². The van der Waals surface area contributed by atoms with E-state index in [-0.39, 0.29) is 23.7 Å². The molecule has 1 saturated heterocycles. The highest BCUT2D eigenvalue weighted by molar-refractivity contribution is 5.82. The molecule has 1 fully saturated rings. The number of aromatic nitrogens is 3. The SMILES string of the molecule is CC(C)n1cnnc1CCNC(=O)C1CC(c2ccccc2O)NN1. The quantitative estimate of drug-likeness (QED) is 0.619. The van der Waals surface area contributed by atoms with Crippen molar-refractivity contribution in [3.05, 3.63) is 42.0 Å². The number of aromatic hydroxyl groups is 1. The summed E-state index contributed by atoms with van der Waals surface area (Å²) in [6.07, 6.45) is 2.92. The van der Waals surface area contributed by atoms with E-state index in [1.807, 2.05) is 16.7 Å². The number of amides is 1. The highest BCUT2D eigenvalue weighted by atomic mass is 16.3. The van der Waals surface area contributed by atoms with E-state index in [1.54, 1.807) is 18.5 Å². The Morgan fingerprint density at radius 2 is 2.20 bits per heavy atom. The molecule has 1 aliphatic rings. The number of para-hydroxylation sites is 1. The van der Waals surface area contributed by atoms with Crippen molar-refractivity contribution in [1.82, 2.24) is 30.9 Å². The first kappa shape index (κ1) is 17.4. The Kier molecular flexibility index (Phi) is 5.30. The fourth-order valence-electron chi connectivity index (χ4n) is 3.01. The summed E-state index contributed by atoms with van der Waals surface area (Å²) in [5.41, 5.74) is 6.86. The van der Waals surface area contributed by atoms with Crippen LogP contribution >= 0.6 is 0 Å². The Labute approximate surface area is 146 Å². The maximum Gasteiger partial charge on any atom is 0.238 e. The molecule has 134 valence electrons. The summed E-state index contributed by atoms with van der Waals surface area (Å²) in [4.78, 5) is 12.3. The summed E-state index contributed by atoms with van der Waals surface area (Å²) in [6, 6.07) is 7.01. The van der Waals surface area contributed by atoms with Gasteiger partial charge in [-0.3, -0.25) is 4.79 Å². The van der Waals surface area contributed by atoms with Crippen LogP contribution in [0.4, 0.5) is 0 Å². The van der Waals surface area contributed by atoms with Gasteiger partial charge in [-0.05, 0) is 26.3 Å². The number of carbonyl (C=O) groups excluding carboxylic acids is 1. The van der Waals surface area contributed by atoms with Gasteiger partial charge in [-0.25, -0.2) is 10.9 Å². The van der Waals surface area contributed by atoms with Crippen LogP contribution in [0.25, 0.3) is 0 Å². The summed E-state index contributed by atoms with van der Waals surface area (Å²) >= 11 is 0. The van der Waals surface area contributed by atoms with E-state index in [1.165, 1.54) is 0 Å². The van der Waals surface area contributed by atoms with E-state index in [0.717, 1.165) is 11.4 Å². The molecule has 3 rings (SSSR count). The lowest BCUT2D eigenvalue weighted by Gasteiger charge is -2.12. The number of benzene rings is 1. The van der Waals surface area contributed by atoms with Crippen LogP contribution in [0.1, 0.15) is 43.7 Å². The molecule has 2 aromatic rings. The van der Waals surface area contributed by atoms with Crippen molar-refractivity contribution < 1.29 is 9.90 Å². The Morgan fingerprint density at radius 1 is 1.40 bits per heavy atom. The molecule has 2 atom stereocenters. The summed E-state index contributed by atoms with van der Waals surface area (Å²) in [7, 11) is 0. The second kappa shape index (κ2) is 7.62. The van der Waals surface area contributed by atoms with Gasteiger partial charge in [0.25, 0.3) is 0 Å². The van der Waals surface area contributed by atoms with Crippen molar-refractivity contribution in [3.63, 3.8) is 0 Å². The summed E-state index contributed by atoms with van der Waals surface area (Å²) < 4.78 is 2.00. The Balaban J connectivity index is 1.50. The molecular formula is C17H24N6O2. The predicted octanol–water partition coefficient (Wildman–Crippen LogP) is 0.831. The summed E-state index contributed by atoms with van der Waals surface area (Å²) in [5, 5.41) is 20.9. The topological polar surface area (TPSA) is 104 Å². The van der Waals surface area contributed by atoms with Crippen LogP contribution in [0.15, 0.2) is 30.6 Å². The normalized spacial score (nSPS) is 20.1. The molecule has 0 saturated carbocycles. The molecule has 8 heteroatoms. The minimum absolute atomic E-state index is 0.0685. The maximum atomic E-state index is 12.3. The first-order valence-electron chi connectivity index (χ1n) is 8.51. The third kappa shape index (κ3) is 3.97. The van der Waals surface area contributed by atoms with Gasteiger partial charge >= 0.3 is 0 Å². The average Bonchev–Trinajstić information content (AvgIpc) is 3.24. The first-order chi connectivity index (χ1) is 12.1. The molecule has 25 heavy (non-hydrogen) atoms. The van der Waals surface area contributed by atoms with Gasteiger partial charge < -0.3 is 15.0 Å². The van der Waals surface area contributed by atoms with E-state index in [2.05, 4.69) is 40.2 Å². The number of phenolic OH excluding ortho intramolecular Hbond substituents is 1. The molecule has 0 spiro atoms. The molecule has 1 aromatic heterocycles. The van der Waals surface area contributed by atoms with Crippen LogP contribution in [0.5, 0.6) is 5.75 Å². The van der Waals surface area contributed by atoms with Gasteiger partial charge in [-0.1, -0.05) is 18.2 Å². The van der Waals surface area contributed by atoms with E-state index < -0.39 is 0 Å². The molecule has 2 unspecified atom stereocenters. The zero-order chi connectivity index (χ0) is 17.8. The smallest absolute Gasteiger partial charge is 0.238 e. The van der Waals surface area contributed by atoms with Crippen LogP contribution in [0, 0.1) is 0 Å². The minimum atomic E-state index is -0.340. The van der Waals surface area contributed by atoms with Crippen molar-refractivity contribution in [1.29, 1.82) is 0 Å². The number of nitrogens with one attached hydrogen (secondary N) is 3. The van der Waals surface area contributed by atoms with Crippen LogP contribution in [0.2, 0.25) is 0 Å². The van der Waals surface area contributed by atoms with E-state index in [4.69, 9.17) is 0 Å². The number of nitrogens with zero attached hydrogens (tertiary/aromatic N) is 3. The monoisotopic (exact) mass is 344 g/mol. The second-order valence-corrected chi connectivity index (χ2v) is 6.48. The lowest BCUT2D eigenvalue weighted by molar-refractivity contribution is -0.122. The third-order valence-corrected chi connectivity index (χ3v) is 4.38. The second-order valence-electron chi connectivity index (χ2n) is 6.48. The summed E-state index contributed by atoms with van der Waals surface area (Å²) in [5.74, 6) is 1.02. The number of carbonyl (C=O) groups is 1. The highest BCUT2D eigenvalue weighted by Gasteiger charge is 2.31. The summed E-state index contributed by atoms with van der Waals surface area (Å²) in [6.45, 7) is 4.64. The fraction of sp³-hybridized carbons (Fsp3) is 0.471. The lowest BCUT2D eigenvalue weighted by Crippen LogP contribution is -2.43. The van der Waals surface area contributed by atoms with Gasteiger partial charge in [0.2, 0.25) is 5.91 Å². The van der Waals surface area contributed by atoms with E-state index >= 15 is 0 Å². The average molecular weight is 344 g/mol. The van der Waals surface area contributed by atoms with Crippen LogP contribution in [0.3, 0.4) is 0 Å². The minimum Gasteiger partial charge on any atom is -0.508 e. The van der Waals surface area contributed by atoms with Crippen molar-refractivity contribution in [2.75, 3.05) is 6.54 Å². The molecule has 1 amide bonds. The van der Waals surface area contributed by atoms with Gasteiger partial charge in [0.1, 0.15) is 23.9 Å². The lowest BCUT2D eigenvalue weighted by atomic mass is 10.0. The molecule has 2 heterocycles. The number of rotatable bonds is 6.